The molecule has 0 saturated heterocycles. The van der Waals surface area contributed by atoms with Gasteiger partial charge in [0, 0.05) is 0 Å². The molecule has 0 amide bonds. The number of phenolic OH excluding ortho intramolecular Hbond substituents is 1. The molecule has 35 heavy (non-hydrogen) atoms. The quantitative estimate of drug-likeness (QED) is 0.250. The van der Waals surface area contributed by atoms with E-state index < -0.39 is 28.7 Å². The first-order chi connectivity index (χ1) is 16.0. The third kappa shape index (κ3) is 7.75. The van der Waals surface area contributed by atoms with Gasteiger partial charge in [-0.2, -0.15) is 0 Å². The normalized spacial score (nSPS) is 12.8. The van der Waals surface area contributed by atoms with Crippen LogP contribution in [0.1, 0.15) is 70.0 Å². The number of benzene rings is 2. The van der Waals surface area contributed by atoms with Gasteiger partial charge >= 0.3 is 224 Å². The molecule has 2 rings (SSSR count). The summed E-state index contributed by atoms with van der Waals surface area (Å²) in [5.41, 5.74) is 0.972. The molecule has 0 radical (unpaired) electrons. The van der Waals surface area contributed by atoms with Crippen molar-refractivity contribution in [1.82, 2.24) is 0 Å². The fourth-order valence-electron chi connectivity index (χ4n) is 3.27. The van der Waals surface area contributed by atoms with E-state index in [-0.39, 0.29) is 49.0 Å². The van der Waals surface area contributed by atoms with Crippen molar-refractivity contribution in [1.29, 1.82) is 0 Å². The Hall–Kier alpha value is -1.47. The van der Waals surface area contributed by atoms with Crippen LogP contribution in [-0.4, -0.2) is 51.0 Å². The van der Waals surface area contributed by atoms with Gasteiger partial charge in [0.1, 0.15) is 0 Å². The molecule has 1 atom stereocenters. The molecular formula is C25H32AsClO6S2. The van der Waals surface area contributed by atoms with Crippen molar-refractivity contribution in [2.24, 2.45) is 0 Å². The molecule has 0 aliphatic heterocycles. The molecule has 0 fully saturated rings. The molecule has 6 nitrogen and oxygen atoms in total. The molecule has 1 unspecified atom stereocenters. The minimum atomic E-state index is -3.95. The number of thioether (sulfide) groups is 1. The summed E-state index contributed by atoms with van der Waals surface area (Å²) in [6.07, 6.45) is 0. The fraction of sp³-hybridized carbons (Fsp3) is 0.440. The van der Waals surface area contributed by atoms with Gasteiger partial charge in [0.2, 0.25) is 0 Å². The first-order valence-electron chi connectivity index (χ1n) is 11.0. The molecule has 0 saturated carbocycles. The third-order valence-corrected chi connectivity index (χ3v) is 13.3. The Morgan fingerprint density at radius 2 is 1.57 bits per heavy atom. The Morgan fingerprint density at radius 1 is 1.03 bits per heavy atom. The van der Waals surface area contributed by atoms with Gasteiger partial charge in [-0.25, -0.2) is 0 Å². The standard InChI is InChI=1S/C25H32AsClO6S2/c1-8-33-23(30)15-9-10-19(27)20(11-15)35(31,32)26-21(28)14-34-16-12-17(24(2,3)4)22(29)18(13-16)25(5,6)7/h9-13,26,29H,8,14H2,1-7H3. The summed E-state index contributed by atoms with van der Waals surface area (Å²) in [4.78, 5) is 25.3. The van der Waals surface area contributed by atoms with E-state index in [0.717, 1.165) is 16.0 Å². The van der Waals surface area contributed by atoms with E-state index in [9.17, 15) is 23.1 Å². The van der Waals surface area contributed by atoms with Crippen molar-refractivity contribution in [2.45, 2.75) is 69.1 Å². The number of esters is 1. The summed E-state index contributed by atoms with van der Waals surface area (Å²) in [6, 6.07) is 7.60. The zero-order valence-electron chi connectivity index (χ0n) is 21.0. The van der Waals surface area contributed by atoms with E-state index in [4.69, 9.17) is 16.3 Å². The van der Waals surface area contributed by atoms with Crippen LogP contribution in [0.5, 0.6) is 5.75 Å². The Morgan fingerprint density at radius 3 is 2.06 bits per heavy atom. The van der Waals surface area contributed by atoms with Crippen molar-refractivity contribution in [2.75, 3.05) is 12.4 Å². The molecule has 0 aliphatic rings. The molecule has 0 spiro atoms. The topological polar surface area (TPSA) is 97.7 Å². The number of carbonyl (C=O) groups excluding carboxylic acids is 2. The average molecular weight is 603 g/mol. The number of carbonyl (C=O) groups is 2. The number of halogens is 1. The van der Waals surface area contributed by atoms with E-state index in [0.29, 0.717) is 0 Å². The SMILES string of the molecule is CCOC(=O)c1ccc(Cl)c(S(=O)(=O)[AsH]C(=O)CSc2cc(C(C)(C)C)c(O)c(C(C)(C)C)c2)c1. The number of ether oxygens (including phenoxy) is 1. The van der Waals surface area contributed by atoms with E-state index >= 15 is 0 Å². The number of aromatic hydroxyl groups is 1. The second-order valence-electron chi connectivity index (χ2n) is 10.1. The third-order valence-electron chi connectivity index (χ3n) is 5.05. The van der Waals surface area contributed by atoms with Crippen molar-refractivity contribution in [3.05, 3.63) is 52.0 Å². The van der Waals surface area contributed by atoms with Gasteiger partial charge in [0.15, 0.2) is 0 Å². The van der Waals surface area contributed by atoms with Crippen LogP contribution >= 0.6 is 23.4 Å². The summed E-state index contributed by atoms with van der Waals surface area (Å²) in [5, 5.41) is 10.8. The average Bonchev–Trinajstić information content (AvgIpc) is 2.71. The molecule has 0 aliphatic carbocycles. The van der Waals surface area contributed by atoms with Gasteiger partial charge in [-0.15, -0.1) is 0 Å². The first kappa shape index (κ1) is 29.8. The number of rotatable bonds is 8. The molecule has 10 heteroatoms. The number of hydrogen-bond acceptors (Lipinski definition) is 7. The minimum absolute atomic E-state index is 0.0215. The summed E-state index contributed by atoms with van der Waals surface area (Å²) in [7, 11) is -3.95. The van der Waals surface area contributed by atoms with E-state index in [1.807, 2.05) is 53.7 Å². The molecule has 2 aromatic rings. The second-order valence-corrected chi connectivity index (χ2v) is 19.0. The van der Waals surface area contributed by atoms with Crippen LogP contribution in [0.4, 0.5) is 0 Å². The molecule has 0 bridgehead atoms. The molecule has 1 N–H and O–H groups in total. The van der Waals surface area contributed by atoms with Gasteiger partial charge in [0.05, 0.1) is 0 Å². The second kappa shape index (κ2) is 11.3. The van der Waals surface area contributed by atoms with Gasteiger partial charge in [-0.05, 0) is 0 Å². The van der Waals surface area contributed by atoms with Gasteiger partial charge < -0.3 is 0 Å². The van der Waals surface area contributed by atoms with Gasteiger partial charge in [-0.1, -0.05) is 0 Å². The van der Waals surface area contributed by atoms with E-state index in [2.05, 4.69) is 0 Å². The molecule has 2 aromatic carbocycles. The molecular weight excluding hydrogens is 571 g/mol. The van der Waals surface area contributed by atoms with Crippen LogP contribution in [0.25, 0.3) is 0 Å². The zero-order valence-corrected chi connectivity index (χ0v) is 25.5. The molecule has 0 heterocycles. The predicted molar refractivity (Wildman–Crippen MR) is 143 cm³/mol. The monoisotopic (exact) mass is 602 g/mol. The van der Waals surface area contributed by atoms with Crippen molar-refractivity contribution in [3.8, 4) is 5.75 Å². The van der Waals surface area contributed by atoms with Crippen molar-refractivity contribution >= 4 is 56.6 Å². The first-order valence-corrected chi connectivity index (χ1v) is 17.5. The van der Waals surface area contributed by atoms with Crippen LogP contribution in [0.2, 0.25) is 5.02 Å². The summed E-state index contributed by atoms with van der Waals surface area (Å²) in [6.45, 7) is 13.8. The van der Waals surface area contributed by atoms with Crippen molar-refractivity contribution < 1.29 is 27.9 Å². The Bertz CT molecular complexity index is 1190. The predicted octanol–water partition coefficient (Wildman–Crippen LogP) is 5.26. The van der Waals surface area contributed by atoms with Gasteiger partial charge in [-0.3, -0.25) is 0 Å². The summed E-state index contributed by atoms with van der Waals surface area (Å²) >= 11 is 5.23. The maximum absolute atomic E-state index is 13.0. The zero-order chi connectivity index (χ0) is 26.8. The Balaban J connectivity index is 2.27. The van der Waals surface area contributed by atoms with Crippen LogP contribution in [0.3, 0.4) is 0 Å². The van der Waals surface area contributed by atoms with Crippen LogP contribution < -0.4 is 0 Å². The Labute approximate surface area is 222 Å². The van der Waals surface area contributed by atoms with Crippen LogP contribution in [0, 0.1) is 0 Å². The maximum atomic E-state index is 13.0. The van der Waals surface area contributed by atoms with Crippen LogP contribution in [-0.2, 0) is 28.5 Å². The summed E-state index contributed by atoms with van der Waals surface area (Å²) in [5.74, 6) is -0.432. The Kier molecular flexibility index (Phi) is 9.59. The molecule has 192 valence electrons. The summed E-state index contributed by atoms with van der Waals surface area (Å²) < 4.78 is 30.5. The fourth-order valence-corrected chi connectivity index (χ4v) is 11.3. The van der Waals surface area contributed by atoms with Crippen molar-refractivity contribution in [3.63, 3.8) is 0 Å². The van der Waals surface area contributed by atoms with E-state index in [1.54, 1.807) is 6.92 Å². The van der Waals surface area contributed by atoms with E-state index in [1.165, 1.54) is 30.0 Å². The van der Waals surface area contributed by atoms with Crippen LogP contribution in [0.15, 0.2) is 40.1 Å². The molecule has 0 aromatic heterocycles. The number of phenols is 1. The van der Waals surface area contributed by atoms with Gasteiger partial charge in [0.25, 0.3) is 0 Å². The number of hydrogen-bond donors (Lipinski definition) is 1.